The molecule has 2 aliphatic rings. The van der Waals surface area contributed by atoms with Crippen LogP contribution in [0.5, 0.6) is 0 Å². The molecule has 4 atom stereocenters. The van der Waals surface area contributed by atoms with Crippen LogP contribution in [0.25, 0.3) is 0 Å². The molecular formula is C27H20Cl3F2NO. The SMILES string of the molecule is O=C1[C@@H]2C=C[C@@H](c3ccc(Cl)cc3Cl)[C@@H](c3ccc(Cl)cc3)[C@@H]2CN1Cc1ccc(F)c(F)c1. The van der Waals surface area contributed by atoms with Crippen LogP contribution in [-0.2, 0) is 11.3 Å². The fourth-order valence-corrected chi connectivity index (χ4v) is 5.91. The summed E-state index contributed by atoms with van der Waals surface area (Å²) in [6.45, 7) is 0.707. The highest BCUT2D eigenvalue weighted by Crippen LogP contribution is 2.51. The first-order chi connectivity index (χ1) is 16.3. The molecule has 1 saturated heterocycles. The third kappa shape index (κ3) is 4.35. The van der Waals surface area contributed by atoms with Gasteiger partial charge >= 0.3 is 0 Å². The van der Waals surface area contributed by atoms with Crippen LogP contribution in [0.2, 0.25) is 15.1 Å². The number of halogens is 5. The number of fused-ring (bicyclic) bond motifs is 1. The Labute approximate surface area is 211 Å². The van der Waals surface area contributed by atoms with Gasteiger partial charge in [0.05, 0.1) is 5.92 Å². The highest BCUT2D eigenvalue weighted by atomic mass is 35.5. The van der Waals surface area contributed by atoms with Gasteiger partial charge in [-0.25, -0.2) is 8.78 Å². The molecule has 1 fully saturated rings. The van der Waals surface area contributed by atoms with E-state index < -0.39 is 11.6 Å². The van der Waals surface area contributed by atoms with E-state index in [1.807, 2.05) is 42.5 Å². The predicted molar refractivity (Wildman–Crippen MR) is 131 cm³/mol. The number of hydrogen-bond acceptors (Lipinski definition) is 1. The zero-order chi connectivity index (χ0) is 24.0. The smallest absolute Gasteiger partial charge is 0.230 e. The lowest BCUT2D eigenvalue weighted by Gasteiger charge is -2.36. The van der Waals surface area contributed by atoms with Crippen LogP contribution >= 0.6 is 34.8 Å². The number of carbonyl (C=O) groups is 1. The lowest BCUT2D eigenvalue weighted by Crippen LogP contribution is -2.29. The maximum atomic E-state index is 13.7. The van der Waals surface area contributed by atoms with Crippen molar-refractivity contribution in [3.63, 3.8) is 0 Å². The van der Waals surface area contributed by atoms with Gasteiger partial charge in [0.15, 0.2) is 11.6 Å². The Bertz CT molecular complexity index is 1280. The van der Waals surface area contributed by atoms with E-state index in [1.165, 1.54) is 6.07 Å². The van der Waals surface area contributed by atoms with Gasteiger partial charge in [-0.2, -0.15) is 0 Å². The number of benzene rings is 3. The Hall–Kier alpha value is -2.40. The molecule has 0 unspecified atom stereocenters. The molecule has 3 aromatic carbocycles. The molecular weight excluding hydrogens is 499 g/mol. The minimum absolute atomic E-state index is 0.0226. The summed E-state index contributed by atoms with van der Waals surface area (Å²) in [5, 5.41) is 1.76. The average molecular weight is 519 g/mol. The first-order valence-electron chi connectivity index (χ1n) is 10.9. The van der Waals surface area contributed by atoms with Crippen LogP contribution in [0.1, 0.15) is 28.5 Å². The molecule has 0 aromatic heterocycles. The molecule has 0 bridgehead atoms. The van der Waals surface area contributed by atoms with Crippen molar-refractivity contribution < 1.29 is 13.6 Å². The summed E-state index contributed by atoms with van der Waals surface area (Å²) < 4.78 is 27.1. The molecule has 3 aromatic rings. The fourth-order valence-electron chi connectivity index (χ4n) is 5.25. The van der Waals surface area contributed by atoms with Crippen molar-refractivity contribution in [1.82, 2.24) is 4.90 Å². The number of likely N-dealkylation sites (tertiary alicyclic amines) is 1. The largest absolute Gasteiger partial charge is 0.338 e. The molecule has 174 valence electrons. The second-order valence-corrected chi connectivity index (χ2v) is 10.1. The average Bonchev–Trinajstić information content (AvgIpc) is 3.12. The fraction of sp³-hybridized carbons (Fsp3) is 0.222. The van der Waals surface area contributed by atoms with E-state index in [-0.39, 0.29) is 36.1 Å². The molecule has 1 aliphatic carbocycles. The van der Waals surface area contributed by atoms with Gasteiger partial charge in [-0.3, -0.25) is 4.79 Å². The maximum absolute atomic E-state index is 13.7. The summed E-state index contributed by atoms with van der Waals surface area (Å²) >= 11 is 18.9. The number of rotatable bonds is 4. The Morgan fingerprint density at radius 1 is 0.824 bits per heavy atom. The Kier molecular flexibility index (Phi) is 6.41. The van der Waals surface area contributed by atoms with Crippen molar-refractivity contribution in [3.8, 4) is 0 Å². The summed E-state index contributed by atoms with van der Waals surface area (Å²) in [4.78, 5) is 15.0. The van der Waals surface area contributed by atoms with Gasteiger partial charge < -0.3 is 4.90 Å². The van der Waals surface area contributed by atoms with Gasteiger partial charge in [0, 0.05) is 34.1 Å². The molecule has 5 rings (SSSR count). The van der Waals surface area contributed by atoms with Gasteiger partial charge in [0.1, 0.15) is 0 Å². The monoisotopic (exact) mass is 517 g/mol. The topological polar surface area (TPSA) is 20.3 Å². The van der Waals surface area contributed by atoms with Crippen LogP contribution in [0.3, 0.4) is 0 Å². The molecule has 1 heterocycles. The first kappa shape index (κ1) is 23.3. The van der Waals surface area contributed by atoms with Gasteiger partial charge in [-0.05, 0) is 64.9 Å². The molecule has 1 amide bonds. The second kappa shape index (κ2) is 9.33. The van der Waals surface area contributed by atoms with Crippen molar-refractivity contribution in [2.75, 3.05) is 6.54 Å². The Morgan fingerprint density at radius 2 is 1.53 bits per heavy atom. The maximum Gasteiger partial charge on any atom is 0.230 e. The van der Waals surface area contributed by atoms with E-state index in [1.54, 1.807) is 11.0 Å². The zero-order valence-electron chi connectivity index (χ0n) is 17.9. The van der Waals surface area contributed by atoms with Gasteiger partial charge in [0.25, 0.3) is 0 Å². The Balaban J connectivity index is 1.51. The van der Waals surface area contributed by atoms with E-state index >= 15 is 0 Å². The highest BCUT2D eigenvalue weighted by molar-refractivity contribution is 6.35. The minimum atomic E-state index is -0.919. The van der Waals surface area contributed by atoms with Crippen molar-refractivity contribution in [3.05, 3.63) is 116 Å². The lowest BCUT2D eigenvalue weighted by molar-refractivity contribution is -0.130. The molecule has 0 saturated carbocycles. The van der Waals surface area contributed by atoms with Crippen LogP contribution in [0.15, 0.2) is 72.8 Å². The molecule has 0 N–H and O–H groups in total. The normalized spacial score (nSPS) is 23.9. The van der Waals surface area contributed by atoms with Gasteiger partial charge in [-0.1, -0.05) is 71.2 Å². The second-order valence-electron chi connectivity index (χ2n) is 8.81. The summed E-state index contributed by atoms with van der Waals surface area (Å²) in [5.74, 6) is -2.29. The van der Waals surface area contributed by atoms with Crippen LogP contribution in [0.4, 0.5) is 8.78 Å². The van der Waals surface area contributed by atoms with Crippen LogP contribution in [-0.4, -0.2) is 17.4 Å². The van der Waals surface area contributed by atoms with E-state index in [2.05, 4.69) is 6.08 Å². The van der Waals surface area contributed by atoms with E-state index in [0.29, 0.717) is 27.2 Å². The van der Waals surface area contributed by atoms with E-state index in [4.69, 9.17) is 34.8 Å². The van der Waals surface area contributed by atoms with Crippen molar-refractivity contribution in [2.24, 2.45) is 11.8 Å². The first-order valence-corrected chi connectivity index (χ1v) is 12.1. The van der Waals surface area contributed by atoms with Gasteiger partial charge in [-0.15, -0.1) is 0 Å². The van der Waals surface area contributed by atoms with Crippen LogP contribution in [0, 0.1) is 23.5 Å². The number of hydrogen-bond donors (Lipinski definition) is 0. The minimum Gasteiger partial charge on any atom is -0.338 e. The lowest BCUT2D eigenvalue weighted by atomic mass is 9.67. The number of carbonyl (C=O) groups excluding carboxylic acids is 1. The third-order valence-corrected chi connectivity index (χ3v) is 7.61. The molecule has 1 aliphatic heterocycles. The van der Waals surface area contributed by atoms with Crippen molar-refractivity contribution >= 4 is 40.7 Å². The number of amides is 1. The number of allylic oxidation sites excluding steroid dienone is 1. The highest BCUT2D eigenvalue weighted by Gasteiger charge is 2.48. The summed E-state index contributed by atoms with van der Waals surface area (Å²) in [6, 6.07) is 16.9. The summed E-state index contributed by atoms with van der Waals surface area (Å²) in [6.07, 6.45) is 4.01. The molecule has 0 radical (unpaired) electrons. The molecule has 34 heavy (non-hydrogen) atoms. The molecule has 7 heteroatoms. The summed E-state index contributed by atoms with van der Waals surface area (Å²) in [7, 11) is 0. The van der Waals surface area contributed by atoms with Gasteiger partial charge in [0.2, 0.25) is 5.91 Å². The third-order valence-electron chi connectivity index (χ3n) is 6.80. The van der Waals surface area contributed by atoms with Crippen molar-refractivity contribution in [1.29, 1.82) is 0 Å². The molecule has 2 nitrogen and oxygen atoms in total. The summed E-state index contributed by atoms with van der Waals surface area (Å²) in [5.41, 5.74) is 2.55. The predicted octanol–water partition coefficient (Wildman–Crippen LogP) is 7.64. The number of nitrogens with zero attached hydrogens (tertiary/aromatic N) is 1. The Morgan fingerprint density at radius 3 is 2.24 bits per heavy atom. The zero-order valence-corrected chi connectivity index (χ0v) is 20.2. The van der Waals surface area contributed by atoms with Crippen LogP contribution < -0.4 is 0 Å². The standard InChI is InChI=1S/C27H20Cl3F2NO/c28-17-4-2-16(3-5-17)26-20(19-7-6-18(29)12-23(19)30)8-9-21-22(26)14-33(27(21)34)13-15-1-10-24(31)25(32)11-15/h1-12,20-22,26H,13-14H2/t20-,21+,22+,26+/m0/s1. The van der Waals surface area contributed by atoms with Crippen molar-refractivity contribution in [2.45, 2.75) is 18.4 Å². The van der Waals surface area contributed by atoms with E-state index in [0.717, 1.165) is 23.3 Å². The molecule has 0 spiro atoms. The van der Waals surface area contributed by atoms with E-state index in [9.17, 15) is 13.6 Å². The quantitative estimate of drug-likeness (QED) is 0.325.